The first-order chi connectivity index (χ1) is 16.7. The van der Waals surface area contributed by atoms with Crippen LogP contribution >= 0.6 is 8.58 Å². The number of carbonyl (C=O) groups excluding carboxylic acids is 1. The number of amides is 1. The van der Waals surface area contributed by atoms with Gasteiger partial charge in [-0.3, -0.25) is 20.1 Å². The first-order valence-electron chi connectivity index (χ1n) is 12.0. The minimum atomic E-state index is -0.316. The third-order valence-electron chi connectivity index (χ3n) is 5.82. The van der Waals surface area contributed by atoms with Gasteiger partial charge in [0.1, 0.15) is 5.82 Å². The van der Waals surface area contributed by atoms with Gasteiger partial charge in [0.15, 0.2) is 7.28 Å². The second kappa shape index (κ2) is 12.4. The zero-order valence-corrected chi connectivity index (χ0v) is 22.3. The van der Waals surface area contributed by atoms with Gasteiger partial charge >= 0.3 is 0 Å². The molecule has 0 spiro atoms. The summed E-state index contributed by atoms with van der Waals surface area (Å²) >= 11 is 0. The molecule has 8 heteroatoms. The van der Waals surface area contributed by atoms with Crippen molar-refractivity contribution in [3.63, 3.8) is 0 Å². The Bertz CT molecular complexity index is 1160. The Morgan fingerprint density at radius 1 is 1.29 bits per heavy atom. The lowest BCUT2D eigenvalue weighted by molar-refractivity contribution is 0.102. The van der Waals surface area contributed by atoms with Gasteiger partial charge in [0.2, 0.25) is 0 Å². The van der Waals surface area contributed by atoms with Crippen molar-refractivity contribution in [3.8, 4) is 0 Å². The lowest BCUT2D eigenvalue weighted by atomic mass is 9.75. The highest BCUT2D eigenvalue weighted by Gasteiger charge is 2.21. The van der Waals surface area contributed by atoms with Gasteiger partial charge in [-0.25, -0.2) is 4.39 Å². The van der Waals surface area contributed by atoms with Crippen LogP contribution in [0, 0.1) is 18.7 Å². The second-order valence-electron chi connectivity index (χ2n) is 9.12. The number of rotatable bonds is 8. The van der Waals surface area contributed by atoms with Crippen LogP contribution in [0.1, 0.15) is 61.6 Å². The van der Waals surface area contributed by atoms with E-state index in [4.69, 9.17) is 0 Å². The highest BCUT2D eigenvalue weighted by atomic mass is 31.1. The number of anilines is 1. The van der Waals surface area contributed by atoms with Gasteiger partial charge in [-0.2, -0.15) is 0 Å². The van der Waals surface area contributed by atoms with Crippen LogP contribution in [0.25, 0.3) is 0 Å². The zero-order chi connectivity index (χ0) is 25.5. The number of pyridine rings is 1. The number of carbonyl (C=O) groups is 1. The van der Waals surface area contributed by atoms with E-state index in [0.717, 1.165) is 23.3 Å². The fourth-order valence-corrected chi connectivity index (χ4v) is 5.27. The van der Waals surface area contributed by atoms with Gasteiger partial charge < -0.3 is 5.32 Å². The van der Waals surface area contributed by atoms with Crippen molar-refractivity contribution in [2.45, 2.75) is 59.7 Å². The molecule has 1 aliphatic rings. The standard InChI is InChI=1S/C27H34BFN4OP/c1-7-23-24(11-8-16(2)3)35-25(15-30-23)32-18(5)21-13-20(9-10-22(21)29)33-27(34)19-12-17(4)26(28-6)31-14-19/h7,9-16,18,25,32,35H,8H2,1-6H3,(H,33,34)/b23-7+,24-11-. The number of hydrogen-bond donors (Lipinski definition) is 2. The largest absolute Gasteiger partial charge is 0.322 e. The Morgan fingerprint density at radius 2 is 2.06 bits per heavy atom. The van der Waals surface area contributed by atoms with E-state index in [1.165, 1.54) is 11.4 Å². The Balaban J connectivity index is 1.73. The molecular weight excluding hydrogens is 457 g/mol. The molecule has 1 aromatic carbocycles. The smallest absolute Gasteiger partial charge is 0.257 e. The van der Waals surface area contributed by atoms with Gasteiger partial charge in [0.25, 0.3) is 5.91 Å². The summed E-state index contributed by atoms with van der Waals surface area (Å²) in [7, 11) is 2.41. The first-order valence-corrected chi connectivity index (χ1v) is 13.1. The topological polar surface area (TPSA) is 66.4 Å². The fourth-order valence-electron chi connectivity index (χ4n) is 3.86. The van der Waals surface area contributed by atoms with Gasteiger partial charge in [-0.15, -0.1) is 0 Å². The van der Waals surface area contributed by atoms with E-state index in [9.17, 15) is 9.18 Å². The summed E-state index contributed by atoms with van der Waals surface area (Å²) in [6.07, 6.45) is 8.77. The SMILES string of the molecule is C[B]c1ncc(C(=O)Nc2ccc(F)c(C(C)NC3C=NC(=C/C)/C(=C/CC(C)C)P3)c2)cc1C. The van der Waals surface area contributed by atoms with Crippen LogP contribution in [-0.4, -0.2) is 30.2 Å². The Labute approximate surface area is 210 Å². The molecule has 1 amide bonds. The van der Waals surface area contributed by atoms with Crippen LogP contribution in [0.4, 0.5) is 10.1 Å². The zero-order valence-electron chi connectivity index (χ0n) is 21.3. The summed E-state index contributed by atoms with van der Waals surface area (Å²) < 4.78 is 14.8. The maximum Gasteiger partial charge on any atom is 0.257 e. The number of aliphatic imine (C=N–C) groups is 1. The number of aryl methyl sites for hydroxylation is 1. The molecule has 0 fully saturated rings. The van der Waals surface area contributed by atoms with Crippen molar-refractivity contribution in [3.05, 3.63) is 76.1 Å². The van der Waals surface area contributed by atoms with E-state index in [2.05, 4.69) is 40.5 Å². The van der Waals surface area contributed by atoms with Crippen LogP contribution in [0.5, 0.6) is 0 Å². The molecule has 2 heterocycles. The number of nitrogens with one attached hydrogen (secondary N) is 2. The predicted molar refractivity (Wildman–Crippen MR) is 148 cm³/mol. The molecule has 183 valence electrons. The van der Waals surface area contributed by atoms with Gasteiger partial charge in [0, 0.05) is 29.7 Å². The average Bonchev–Trinajstić information content (AvgIpc) is 2.83. The molecule has 35 heavy (non-hydrogen) atoms. The Kier molecular flexibility index (Phi) is 9.53. The third kappa shape index (κ3) is 7.19. The maximum atomic E-state index is 14.8. The third-order valence-corrected chi connectivity index (χ3v) is 7.22. The van der Waals surface area contributed by atoms with E-state index >= 15 is 0 Å². The molecule has 5 nitrogen and oxygen atoms in total. The van der Waals surface area contributed by atoms with E-state index < -0.39 is 0 Å². The van der Waals surface area contributed by atoms with Crippen molar-refractivity contribution in [2.75, 3.05) is 5.32 Å². The average molecular weight is 491 g/mol. The minimum Gasteiger partial charge on any atom is -0.322 e. The summed E-state index contributed by atoms with van der Waals surface area (Å²) in [5.74, 6) is 0.00859. The molecule has 0 saturated heterocycles. The lowest BCUT2D eigenvalue weighted by Crippen LogP contribution is -2.31. The molecule has 0 bridgehead atoms. The summed E-state index contributed by atoms with van der Waals surface area (Å²) in [5, 5.41) is 7.61. The number of benzene rings is 1. The number of allylic oxidation sites excluding steroid dienone is 3. The number of nitrogens with zero attached hydrogens (tertiary/aromatic N) is 2. The predicted octanol–water partition coefficient (Wildman–Crippen LogP) is 5.73. The summed E-state index contributed by atoms with van der Waals surface area (Å²) in [6.45, 7) is 12.2. The van der Waals surface area contributed by atoms with E-state index in [0.29, 0.717) is 31.3 Å². The summed E-state index contributed by atoms with van der Waals surface area (Å²) in [6, 6.07) is 6.20. The Morgan fingerprint density at radius 3 is 2.71 bits per heavy atom. The first kappa shape index (κ1) is 27.0. The molecule has 2 N–H and O–H groups in total. The van der Waals surface area contributed by atoms with Crippen molar-refractivity contribution < 1.29 is 9.18 Å². The summed E-state index contributed by atoms with van der Waals surface area (Å²) in [4.78, 5) is 21.7. The number of aromatic nitrogens is 1. The monoisotopic (exact) mass is 491 g/mol. The summed E-state index contributed by atoms with van der Waals surface area (Å²) in [5.41, 5.74) is 4.29. The molecule has 3 unspecified atom stereocenters. The normalized spacial score (nSPS) is 19.5. The van der Waals surface area contributed by atoms with E-state index in [1.54, 1.807) is 24.4 Å². The van der Waals surface area contributed by atoms with Crippen molar-refractivity contribution in [2.24, 2.45) is 10.9 Å². The highest BCUT2D eigenvalue weighted by Crippen LogP contribution is 2.39. The van der Waals surface area contributed by atoms with Crippen molar-refractivity contribution >= 4 is 39.3 Å². The molecule has 1 aromatic heterocycles. The number of halogens is 1. The quantitative estimate of drug-likeness (QED) is 0.366. The minimum absolute atomic E-state index is 0.0210. The molecule has 3 rings (SSSR count). The molecule has 1 aliphatic heterocycles. The van der Waals surface area contributed by atoms with E-state index in [1.807, 2.05) is 47.2 Å². The molecule has 1 radical (unpaired) electrons. The van der Waals surface area contributed by atoms with Crippen LogP contribution < -0.4 is 16.2 Å². The van der Waals surface area contributed by atoms with Crippen molar-refractivity contribution in [1.29, 1.82) is 0 Å². The fraction of sp³-hybridized carbons (Fsp3) is 0.370. The Hall–Kier alpha value is -2.63. The van der Waals surface area contributed by atoms with Gasteiger partial charge in [-0.1, -0.05) is 41.4 Å². The number of hydrogen-bond acceptors (Lipinski definition) is 4. The highest BCUT2D eigenvalue weighted by molar-refractivity contribution is 7.45. The van der Waals surface area contributed by atoms with Crippen LogP contribution in [0.3, 0.4) is 0 Å². The van der Waals surface area contributed by atoms with Gasteiger partial charge in [-0.05, 0) is 73.8 Å². The van der Waals surface area contributed by atoms with E-state index in [-0.39, 0.29) is 23.5 Å². The molecule has 2 aromatic rings. The molecule has 0 aliphatic carbocycles. The van der Waals surface area contributed by atoms with Crippen LogP contribution in [-0.2, 0) is 0 Å². The second-order valence-corrected chi connectivity index (χ2v) is 10.6. The molecule has 0 saturated carbocycles. The lowest BCUT2D eigenvalue weighted by Gasteiger charge is -2.26. The van der Waals surface area contributed by atoms with Gasteiger partial charge in [0.05, 0.1) is 17.0 Å². The van der Waals surface area contributed by atoms with Crippen molar-refractivity contribution in [1.82, 2.24) is 10.3 Å². The maximum absolute atomic E-state index is 14.8. The van der Waals surface area contributed by atoms with Crippen LogP contribution in [0.2, 0.25) is 6.82 Å². The molecular formula is C27H34BFN4OP. The van der Waals surface area contributed by atoms with Crippen LogP contribution in [0.15, 0.2) is 58.6 Å². The molecule has 3 atom stereocenters.